The molecule has 0 aromatic heterocycles. The van der Waals surface area contributed by atoms with E-state index < -0.39 is 17.5 Å². The van der Waals surface area contributed by atoms with Crippen molar-refractivity contribution in [1.82, 2.24) is 0 Å². The molecule has 0 bridgehead atoms. The summed E-state index contributed by atoms with van der Waals surface area (Å²) in [6.07, 6.45) is 0. The Morgan fingerprint density at radius 3 is 2.64 bits per heavy atom. The molecule has 3 nitrogen and oxygen atoms in total. The van der Waals surface area contributed by atoms with Gasteiger partial charge in [0.1, 0.15) is 11.6 Å². The van der Waals surface area contributed by atoms with Crippen LogP contribution in [0.1, 0.15) is 0 Å². The predicted molar refractivity (Wildman–Crippen MR) is 50.7 cm³/mol. The highest BCUT2D eigenvalue weighted by Crippen LogP contribution is 2.27. The Balaban J connectivity index is 2.90. The Labute approximate surface area is 83.5 Å². The molecule has 1 aromatic rings. The van der Waals surface area contributed by atoms with Gasteiger partial charge in [-0.1, -0.05) is 0 Å². The van der Waals surface area contributed by atoms with Gasteiger partial charge in [-0.25, -0.2) is 8.78 Å². The van der Waals surface area contributed by atoms with Crippen molar-refractivity contribution in [3.8, 4) is 0 Å². The van der Waals surface area contributed by atoms with Crippen LogP contribution >= 0.6 is 11.8 Å². The number of nitrogen functional groups attached to an aromatic ring is 1. The minimum atomic E-state index is -0.836. The van der Waals surface area contributed by atoms with Crippen molar-refractivity contribution >= 4 is 23.4 Å². The zero-order chi connectivity index (χ0) is 10.7. The van der Waals surface area contributed by atoms with E-state index in [1.54, 1.807) is 0 Å². The fraction of sp³-hybridized carbons (Fsp3) is 0.125. The number of hydrogen-bond donors (Lipinski definition) is 2. The van der Waals surface area contributed by atoms with E-state index in [-0.39, 0.29) is 16.3 Å². The van der Waals surface area contributed by atoms with Crippen molar-refractivity contribution in [1.29, 1.82) is 0 Å². The molecule has 1 rings (SSSR count). The summed E-state index contributed by atoms with van der Waals surface area (Å²) in [5, 5.41) is 0. The summed E-state index contributed by atoms with van der Waals surface area (Å²) in [5.74, 6) is -2.20. The van der Waals surface area contributed by atoms with Gasteiger partial charge < -0.3 is 11.5 Å². The third-order valence-electron chi connectivity index (χ3n) is 1.43. The van der Waals surface area contributed by atoms with Gasteiger partial charge in [0.05, 0.1) is 11.4 Å². The van der Waals surface area contributed by atoms with Crippen LogP contribution in [0, 0.1) is 11.6 Å². The first-order valence-electron chi connectivity index (χ1n) is 3.66. The molecule has 0 fully saturated rings. The van der Waals surface area contributed by atoms with Crippen molar-refractivity contribution in [3.63, 3.8) is 0 Å². The van der Waals surface area contributed by atoms with Crippen molar-refractivity contribution in [2.75, 3.05) is 11.5 Å². The highest BCUT2D eigenvalue weighted by Gasteiger charge is 2.09. The molecular formula is C8H8F2N2OS. The van der Waals surface area contributed by atoms with E-state index in [1.807, 2.05) is 0 Å². The van der Waals surface area contributed by atoms with Crippen molar-refractivity contribution in [2.45, 2.75) is 4.90 Å². The Kier molecular flexibility index (Phi) is 3.29. The normalized spacial score (nSPS) is 10.1. The van der Waals surface area contributed by atoms with Crippen LogP contribution in [0.4, 0.5) is 14.5 Å². The van der Waals surface area contributed by atoms with Gasteiger partial charge in [-0.05, 0) is 6.07 Å². The molecule has 76 valence electrons. The molecule has 6 heteroatoms. The summed E-state index contributed by atoms with van der Waals surface area (Å²) in [5.41, 5.74) is 10.0. The van der Waals surface area contributed by atoms with Crippen LogP contribution in [0.2, 0.25) is 0 Å². The second-order valence-corrected chi connectivity index (χ2v) is 3.57. The molecule has 4 N–H and O–H groups in total. The summed E-state index contributed by atoms with van der Waals surface area (Å²) in [7, 11) is 0. The number of amides is 1. The maximum absolute atomic E-state index is 12.9. The monoisotopic (exact) mass is 218 g/mol. The minimum Gasteiger partial charge on any atom is -0.395 e. The lowest BCUT2D eigenvalue weighted by molar-refractivity contribution is -0.115. The topological polar surface area (TPSA) is 69.1 Å². The third kappa shape index (κ3) is 2.59. The molecule has 0 aliphatic heterocycles. The van der Waals surface area contributed by atoms with E-state index >= 15 is 0 Å². The molecule has 1 amide bonds. The SMILES string of the molecule is NC(=O)CSc1cc(F)cc(F)c1N. The molecule has 1 aromatic carbocycles. The van der Waals surface area contributed by atoms with E-state index in [0.29, 0.717) is 6.07 Å². The minimum absolute atomic E-state index is 0.0624. The largest absolute Gasteiger partial charge is 0.395 e. The molecule has 0 spiro atoms. The van der Waals surface area contributed by atoms with Gasteiger partial charge in [-0.3, -0.25) is 4.79 Å². The van der Waals surface area contributed by atoms with Crippen LogP contribution < -0.4 is 11.5 Å². The number of nitrogens with two attached hydrogens (primary N) is 2. The lowest BCUT2D eigenvalue weighted by Gasteiger charge is -2.04. The molecular weight excluding hydrogens is 210 g/mol. The van der Waals surface area contributed by atoms with Gasteiger partial charge >= 0.3 is 0 Å². The van der Waals surface area contributed by atoms with Crippen LogP contribution in [-0.2, 0) is 4.79 Å². The number of halogens is 2. The smallest absolute Gasteiger partial charge is 0.227 e. The third-order valence-corrected chi connectivity index (χ3v) is 2.50. The molecule has 14 heavy (non-hydrogen) atoms. The number of primary amides is 1. The second-order valence-electron chi connectivity index (χ2n) is 2.55. The maximum atomic E-state index is 12.9. The summed E-state index contributed by atoms with van der Waals surface area (Å²) < 4.78 is 25.6. The van der Waals surface area contributed by atoms with E-state index in [9.17, 15) is 13.6 Å². The zero-order valence-electron chi connectivity index (χ0n) is 7.09. The van der Waals surface area contributed by atoms with Crippen molar-refractivity contribution in [2.24, 2.45) is 5.73 Å². The fourth-order valence-corrected chi connectivity index (χ4v) is 1.58. The Morgan fingerprint density at radius 2 is 2.07 bits per heavy atom. The first kappa shape index (κ1) is 10.8. The summed E-state index contributed by atoms with van der Waals surface area (Å²) in [6, 6.07) is 1.75. The molecule has 0 aliphatic rings. The van der Waals surface area contributed by atoms with Gasteiger partial charge in [-0.2, -0.15) is 0 Å². The number of benzene rings is 1. The predicted octanol–water partition coefficient (Wildman–Crippen LogP) is 1.12. The highest BCUT2D eigenvalue weighted by atomic mass is 32.2. The second kappa shape index (κ2) is 4.28. The fourth-order valence-electron chi connectivity index (χ4n) is 0.829. The van der Waals surface area contributed by atoms with Gasteiger partial charge in [0.25, 0.3) is 0 Å². The van der Waals surface area contributed by atoms with E-state index in [2.05, 4.69) is 0 Å². The number of hydrogen-bond acceptors (Lipinski definition) is 3. The van der Waals surface area contributed by atoms with Crippen LogP contribution in [-0.4, -0.2) is 11.7 Å². The molecule has 0 unspecified atom stereocenters. The van der Waals surface area contributed by atoms with E-state index in [4.69, 9.17) is 11.5 Å². The first-order valence-corrected chi connectivity index (χ1v) is 4.65. The Morgan fingerprint density at radius 1 is 1.43 bits per heavy atom. The van der Waals surface area contributed by atoms with Crippen LogP contribution in [0.3, 0.4) is 0 Å². The van der Waals surface area contributed by atoms with Crippen LogP contribution in [0.5, 0.6) is 0 Å². The van der Waals surface area contributed by atoms with Crippen LogP contribution in [0.25, 0.3) is 0 Å². The number of carbonyl (C=O) groups excluding carboxylic acids is 1. The number of carbonyl (C=O) groups is 1. The highest BCUT2D eigenvalue weighted by molar-refractivity contribution is 8.00. The summed E-state index contributed by atoms with van der Waals surface area (Å²) in [4.78, 5) is 10.6. The molecule has 0 heterocycles. The zero-order valence-corrected chi connectivity index (χ0v) is 7.91. The van der Waals surface area contributed by atoms with Gasteiger partial charge in [-0.15, -0.1) is 11.8 Å². The lowest BCUT2D eigenvalue weighted by atomic mass is 10.3. The van der Waals surface area contributed by atoms with Crippen LogP contribution in [0.15, 0.2) is 17.0 Å². The Hall–Kier alpha value is -1.30. The average Bonchev–Trinajstić information content (AvgIpc) is 2.08. The number of anilines is 1. The Bertz CT molecular complexity index is 371. The average molecular weight is 218 g/mol. The summed E-state index contributed by atoms with van der Waals surface area (Å²) in [6.45, 7) is 0. The quantitative estimate of drug-likeness (QED) is 0.590. The molecule has 0 aliphatic carbocycles. The molecule has 0 radical (unpaired) electrons. The van der Waals surface area contributed by atoms with Crippen molar-refractivity contribution in [3.05, 3.63) is 23.8 Å². The standard InChI is InChI=1S/C8H8F2N2OS/c9-4-1-5(10)8(12)6(2-4)14-3-7(11)13/h1-2H,3,12H2,(H2,11,13). The maximum Gasteiger partial charge on any atom is 0.227 e. The van der Waals surface area contributed by atoms with Gasteiger partial charge in [0, 0.05) is 11.0 Å². The van der Waals surface area contributed by atoms with E-state index in [0.717, 1.165) is 17.8 Å². The van der Waals surface area contributed by atoms with Gasteiger partial charge in [0.15, 0.2) is 0 Å². The first-order chi connectivity index (χ1) is 6.50. The number of rotatable bonds is 3. The van der Waals surface area contributed by atoms with E-state index in [1.165, 1.54) is 0 Å². The van der Waals surface area contributed by atoms with Crippen molar-refractivity contribution < 1.29 is 13.6 Å². The number of thioether (sulfide) groups is 1. The lowest BCUT2D eigenvalue weighted by Crippen LogP contribution is -2.13. The summed E-state index contributed by atoms with van der Waals surface area (Å²) >= 11 is 0.904. The molecule has 0 saturated heterocycles. The van der Waals surface area contributed by atoms with Gasteiger partial charge in [0.2, 0.25) is 5.91 Å². The molecule has 0 atom stereocenters. The molecule has 0 saturated carbocycles.